The third kappa shape index (κ3) is 2.18. The van der Waals surface area contributed by atoms with Gasteiger partial charge in [-0.1, -0.05) is 12.1 Å². The zero-order valence-corrected chi connectivity index (χ0v) is 11.3. The Kier molecular flexibility index (Phi) is 3.21. The molecule has 0 N–H and O–H groups in total. The fraction of sp³-hybridized carbons (Fsp3) is 0.500. The molecule has 1 saturated carbocycles. The number of carbonyl (C=O) groups is 1. The van der Waals surface area contributed by atoms with Crippen LogP contribution in [0.4, 0.5) is 4.39 Å². The number of nitrogens with zero attached hydrogens (tertiary/aromatic N) is 2. The van der Waals surface area contributed by atoms with Gasteiger partial charge in [0.2, 0.25) is 5.91 Å². The van der Waals surface area contributed by atoms with Crippen LogP contribution < -0.4 is 0 Å². The standard InChI is InChI=1S/C16H17FN2O/c17-14-5-3-13(4-6-14)16(7-8-16)15(20)19-9-1-2-12(10-18)11-19/h3-6,12H,1-2,7-9,11H2/t12-/m0/s1. The number of hydrogen-bond donors (Lipinski definition) is 0. The lowest BCUT2D eigenvalue weighted by atomic mass is 9.92. The third-order valence-electron chi connectivity index (χ3n) is 4.45. The van der Waals surface area contributed by atoms with E-state index < -0.39 is 5.41 Å². The van der Waals surface area contributed by atoms with Crippen molar-refractivity contribution in [3.63, 3.8) is 0 Å². The van der Waals surface area contributed by atoms with Gasteiger partial charge in [-0.25, -0.2) is 4.39 Å². The molecule has 2 aliphatic rings. The van der Waals surface area contributed by atoms with Crippen molar-refractivity contribution >= 4 is 5.91 Å². The molecule has 20 heavy (non-hydrogen) atoms. The first-order valence-electron chi connectivity index (χ1n) is 7.11. The number of hydrogen-bond acceptors (Lipinski definition) is 2. The van der Waals surface area contributed by atoms with Gasteiger partial charge >= 0.3 is 0 Å². The molecule has 1 heterocycles. The molecule has 3 rings (SSSR count). The van der Waals surface area contributed by atoms with Gasteiger partial charge in [-0.15, -0.1) is 0 Å². The fourth-order valence-corrected chi connectivity index (χ4v) is 3.09. The minimum absolute atomic E-state index is 0.0447. The van der Waals surface area contributed by atoms with Crippen molar-refractivity contribution in [1.29, 1.82) is 5.26 Å². The maximum atomic E-state index is 13.0. The van der Waals surface area contributed by atoms with Gasteiger partial charge < -0.3 is 4.90 Å². The van der Waals surface area contributed by atoms with Crippen LogP contribution in [0.2, 0.25) is 0 Å². The van der Waals surface area contributed by atoms with Crippen molar-refractivity contribution in [2.75, 3.05) is 13.1 Å². The van der Waals surface area contributed by atoms with E-state index in [1.54, 1.807) is 12.1 Å². The van der Waals surface area contributed by atoms with Crippen LogP contribution in [0.1, 0.15) is 31.2 Å². The van der Waals surface area contributed by atoms with Crippen molar-refractivity contribution in [2.24, 2.45) is 5.92 Å². The molecule has 1 aliphatic heterocycles. The first-order chi connectivity index (χ1) is 9.65. The van der Waals surface area contributed by atoms with Gasteiger partial charge in [-0.05, 0) is 43.4 Å². The Balaban J connectivity index is 1.80. The van der Waals surface area contributed by atoms with Gasteiger partial charge in [-0.3, -0.25) is 4.79 Å². The quantitative estimate of drug-likeness (QED) is 0.830. The minimum atomic E-state index is -0.453. The maximum Gasteiger partial charge on any atom is 0.233 e. The average molecular weight is 272 g/mol. The van der Waals surface area contributed by atoms with Crippen LogP contribution in [-0.4, -0.2) is 23.9 Å². The SMILES string of the molecule is N#C[C@@H]1CCCN(C(=O)C2(c3ccc(F)cc3)CC2)C1. The number of benzene rings is 1. The second kappa shape index (κ2) is 4.90. The predicted molar refractivity (Wildman–Crippen MR) is 72.2 cm³/mol. The number of nitriles is 1. The van der Waals surface area contributed by atoms with Crippen molar-refractivity contribution in [1.82, 2.24) is 4.90 Å². The van der Waals surface area contributed by atoms with Crippen LogP contribution >= 0.6 is 0 Å². The van der Waals surface area contributed by atoms with E-state index in [1.807, 2.05) is 4.90 Å². The lowest BCUT2D eigenvalue weighted by Gasteiger charge is -2.33. The number of amides is 1. The molecule has 3 nitrogen and oxygen atoms in total. The molecular formula is C16H17FN2O. The van der Waals surface area contributed by atoms with Crippen molar-refractivity contribution in [3.05, 3.63) is 35.6 Å². The summed E-state index contributed by atoms with van der Waals surface area (Å²) in [4.78, 5) is 14.6. The van der Waals surface area contributed by atoms with E-state index in [2.05, 4.69) is 6.07 Å². The van der Waals surface area contributed by atoms with Gasteiger partial charge in [0.05, 0.1) is 17.4 Å². The fourth-order valence-electron chi connectivity index (χ4n) is 3.09. The van der Waals surface area contributed by atoms with Crippen molar-refractivity contribution in [2.45, 2.75) is 31.1 Å². The molecule has 1 saturated heterocycles. The number of likely N-dealkylation sites (tertiary alicyclic amines) is 1. The van der Waals surface area contributed by atoms with Crippen LogP contribution in [0, 0.1) is 23.1 Å². The Morgan fingerprint density at radius 3 is 2.65 bits per heavy atom. The van der Waals surface area contributed by atoms with Crippen LogP contribution in [0.5, 0.6) is 0 Å². The molecule has 0 bridgehead atoms. The summed E-state index contributed by atoms with van der Waals surface area (Å²) < 4.78 is 13.0. The first kappa shape index (κ1) is 13.1. The largest absolute Gasteiger partial charge is 0.341 e. The van der Waals surface area contributed by atoms with E-state index in [1.165, 1.54) is 12.1 Å². The number of piperidine rings is 1. The predicted octanol–water partition coefficient (Wildman–Crippen LogP) is 2.62. The van der Waals surface area contributed by atoms with Gasteiger partial charge in [-0.2, -0.15) is 5.26 Å². The molecule has 1 aromatic rings. The molecule has 1 aromatic carbocycles. The normalized spacial score (nSPS) is 24.0. The lowest BCUT2D eigenvalue weighted by Crippen LogP contribution is -2.44. The van der Waals surface area contributed by atoms with Crippen LogP contribution in [-0.2, 0) is 10.2 Å². The Hall–Kier alpha value is -1.89. The van der Waals surface area contributed by atoms with Crippen molar-refractivity contribution < 1.29 is 9.18 Å². The summed E-state index contributed by atoms with van der Waals surface area (Å²) >= 11 is 0. The second-order valence-corrected chi connectivity index (χ2v) is 5.81. The van der Waals surface area contributed by atoms with E-state index in [0.717, 1.165) is 37.8 Å². The van der Waals surface area contributed by atoms with Gasteiger partial charge in [0, 0.05) is 13.1 Å². The van der Waals surface area contributed by atoms with Crippen LogP contribution in [0.15, 0.2) is 24.3 Å². The monoisotopic (exact) mass is 272 g/mol. The topological polar surface area (TPSA) is 44.1 Å². The highest BCUT2D eigenvalue weighted by Crippen LogP contribution is 2.50. The Morgan fingerprint density at radius 1 is 1.35 bits per heavy atom. The number of rotatable bonds is 2. The summed E-state index contributed by atoms with van der Waals surface area (Å²) in [6.45, 7) is 1.28. The zero-order valence-electron chi connectivity index (χ0n) is 11.3. The Labute approximate surface area is 118 Å². The summed E-state index contributed by atoms with van der Waals surface area (Å²) in [5, 5.41) is 9.03. The molecule has 0 unspecified atom stereocenters. The lowest BCUT2D eigenvalue weighted by molar-refractivity contribution is -0.135. The number of carbonyl (C=O) groups excluding carboxylic acids is 1. The van der Waals surface area contributed by atoms with E-state index >= 15 is 0 Å². The van der Waals surface area contributed by atoms with Crippen LogP contribution in [0.25, 0.3) is 0 Å². The molecule has 104 valence electrons. The summed E-state index contributed by atoms with van der Waals surface area (Å²) in [5.41, 5.74) is 0.452. The molecule has 1 atom stereocenters. The van der Waals surface area contributed by atoms with Gasteiger partial charge in [0.1, 0.15) is 5.82 Å². The Bertz CT molecular complexity index is 557. The van der Waals surface area contributed by atoms with Crippen LogP contribution in [0.3, 0.4) is 0 Å². The molecule has 0 spiro atoms. The summed E-state index contributed by atoms with van der Waals surface area (Å²) in [6, 6.07) is 8.52. The number of halogens is 1. The first-order valence-corrected chi connectivity index (χ1v) is 7.11. The minimum Gasteiger partial charge on any atom is -0.341 e. The summed E-state index contributed by atoms with van der Waals surface area (Å²) in [7, 11) is 0. The summed E-state index contributed by atoms with van der Waals surface area (Å²) in [5.74, 6) is -0.208. The molecule has 0 aromatic heterocycles. The molecular weight excluding hydrogens is 255 g/mol. The highest BCUT2D eigenvalue weighted by atomic mass is 19.1. The second-order valence-electron chi connectivity index (χ2n) is 5.81. The van der Waals surface area contributed by atoms with E-state index in [0.29, 0.717) is 6.54 Å². The van der Waals surface area contributed by atoms with Gasteiger partial charge in [0.15, 0.2) is 0 Å². The van der Waals surface area contributed by atoms with Crippen molar-refractivity contribution in [3.8, 4) is 6.07 Å². The molecule has 1 aliphatic carbocycles. The molecule has 1 amide bonds. The third-order valence-corrected chi connectivity index (χ3v) is 4.45. The highest BCUT2D eigenvalue weighted by molar-refractivity contribution is 5.91. The highest BCUT2D eigenvalue weighted by Gasteiger charge is 2.53. The van der Waals surface area contributed by atoms with Gasteiger partial charge in [0.25, 0.3) is 0 Å². The van der Waals surface area contributed by atoms with E-state index in [-0.39, 0.29) is 17.6 Å². The average Bonchev–Trinajstić information content (AvgIpc) is 3.29. The summed E-state index contributed by atoms with van der Waals surface area (Å²) in [6.07, 6.45) is 3.42. The Morgan fingerprint density at radius 2 is 2.05 bits per heavy atom. The van der Waals surface area contributed by atoms with E-state index in [4.69, 9.17) is 5.26 Å². The molecule has 4 heteroatoms. The smallest absolute Gasteiger partial charge is 0.233 e. The molecule has 0 radical (unpaired) electrons. The maximum absolute atomic E-state index is 13.0. The molecule has 2 fully saturated rings. The van der Waals surface area contributed by atoms with E-state index in [9.17, 15) is 9.18 Å². The zero-order chi connectivity index (χ0) is 14.2.